The highest BCUT2D eigenvalue weighted by molar-refractivity contribution is 6.02. The fourth-order valence-electron chi connectivity index (χ4n) is 1.95. The lowest BCUT2D eigenvalue weighted by molar-refractivity contribution is -0.111. The molecule has 0 aromatic heterocycles. The molecule has 3 heteroatoms. The number of para-hydroxylation sites is 1. The van der Waals surface area contributed by atoms with Crippen LogP contribution in [0.5, 0.6) is 5.75 Å². The van der Waals surface area contributed by atoms with Crippen LogP contribution in [0.2, 0.25) is 0 Å². The molecule has 0 heterocycles. The van der Waals surface area contributed by atoms with Crippen LogP contribution in [0, 0.1) is 6.92 Å². The maximum absolute atomic E-state index is 12.0. The molecular weight excluding hydrogens is 274 g/mol. The summed E-state index contributed by atoms with van der Waals surface area (Å²) in [6.07, 6.45) is 4.24. The Hall–Kier alpha value is -2.55. The zero-order chi connectivity index (χ0) is 15.8. The predicted octanol–water partition coefficient (Wildman–Crippen LogP) is 4.44. The Kier molecular flexibility index (Phi) is 5.78. The van der Waals surface area contributed by atoms with E-state index in [1.807, 2.05) is 55.5 Å². The van der Waals surface area contributed by atoms with E-state index in [2.05, 4.69) is 12.2 Å². The average Bonchev–Trinajstić information content (AvgIpc) is 2.54. The van der Waals surface area contributed by atoms with Gasteiger partial charge in [0.1, 0.15) is 5.75 Å². The second-order valence-electron chi connectivity index (χ2n) is 5.07. The van der Waals surface area contributed by atoms with E-state index < -0.39 is 0 Å². The Bertz CT molecular complexity index is 645. The van der Waals surface area contributed by atoms with Crippen molar-refractivity contribution in [3.63, 3.8) is 0 Å². The Labute approximate surface area is 131 Å². The van der Waals surface area contributed by atoms with Crippen molar-refractivity contribution in [2.75, 3.05) is 11.9 Å². The first-order chi connectivity index (χ1) is 10.7. The summed E-state index contributed by atoms with van der Waals surface area (Å²) in [6, 6.07) is 15.4. The molecule has 2 aromatic rings. The standard InChI is InChI=1S/C19H21NO2/c1-3-14-22-18-7-5-4-6-16(18)10-13-19(21)20-17-11-8-15(2)9-12-17/h4-13H,3,14H2,1-2H3,(H,20,21). The van der Waals surface area contributed by atoms with Crippen LogP contribution >= 0.6 is 0 Å². The first kappa shape index (κ1) is 15.8. The molecule has 2 aromatic carbocycles. The van der Waals surface area contributed by atoms with E-state index in [0.29, 0.717) is 6.61 Å². The van der Waals surface area contributed by atoms with Gasteiger partial charge in [0.25, 0.3) is 0 Å². The van der Waals surface area contributed by atoms with Gasteiger partial charge >= 0.3 is 0 Å². The van der Waals surface area contributed by atoms with E-state index in [1.54, 1.807) is 6.08 Å². The normalized spacial score (nSPS) is 10.6. The molecule has 1 amide bonds. The number of amides is 1. The quantitative estimate of drug-likeness (QED) is 0.800. The Morgan fingerprint density at radius 3 is 2.59 bits per heavy atom. The summed E-state index contributed by atoms with van der Waals surface area (Å²) in [6.45, 7) is 4.74. The molecule has 1 N–H and O–H groups in total. The summed E-state index contributed by atoms with van der Waals surface area (Å²) in [5, 5.41) is 2.84. The van der Waals surface area contributed by atoms with Gasteiger partial charge in [-0.25, -0.2) is 0 Å². The maximum Gasteiger partial charge on any atom is 0.248 e. The smallest absolute Gasteiger partial charge is 0.248 e. The molecular formula is C19H21NO2. The first-order valence-electron chi connectivity index (χ1n) is 7.46. The molecule has 22 heavy (non-hydrogen) atoms. The number of anilines is 1. The third-order valence-corrected chi connectivity index (χ3v) is 3.11. The van der Waals surface area contributed by atoms with E-state index in [-0.39, 0.29) is 5.91 Å². The summed E-state index contributed by atoms with van der Waals surface area (Å²) in [4.78, 5) is 12.0. The number of nitrogens with one attached hydrogen (secondary N) is 1. The lowest BCUT2D eigenvalue weighted by Crippen LogP contribution is -2.07. The molecule has 0 fully saturated rings. The molecule has 0 radical (unpaired) electrons. The van der Waals surface area contributed by atoms with E-state index >= 15 is 0 Å². The zero-order valence-corrected chi connectivity index (χ0v) is 13.0. The molecule has 0 atom stereocenters. The second-order valence-corrected chi connectivity index (χ2v) is 5.07. The van der Waals surface area contributed by atoms with E-state index in [0.717, 1.165) is 29.0 Å². The summed E-state index contributed by atoms with van der Waals surface area (Å²) in [5.74, 6) is 0.637. The molecule has 0 saturated heterocycles. The van der Waals surface area contributed by atoms with Gasteiger partial charge in [0.2, 0.25) is 5.91 Å². The average molecular weight is 295 g/mol. The SMILES string of the molecule is CCCOc1ccccc1C=CC(=O)Nc1ccc(C)cc1. The van der Waals surface area contributed by atoms with Crippen LogP contribution in [0.3, 0.4) is 0 Å². The van der Waals surface area contributed by atoms with Crippen molar-refractivity contribution in [2.45, 2.75) is 20.3 Å². The van der Waals surface area contributed by atoms with Crippen LogP contribution in [0.1, 0.15) is 24.5 Å². The van der Waals surface area contributed by atoms with Crippen LogP contribution in [-0.2, 0) is 4.79 Å². The van der Waals surface area contributed by atoms with Gasteiger partial charge in [0, 0.05) is 17.3 Å². The molecule has 114 valence electrons. The predicted molar refractivity (Wildman–Crippen MR) is 91.1 cm³/mol. The topological polar surface area (TPSA) is 38.3 Å². The lowest BCUT2D eigenvalue weighted by atomic mass is 10.2. The van der Waals surface area contributed by atoms with Crippen molar-refractivity contribution in [3.05, 3.63) is 65.7 Å². The lowest BCUT2D eigenvalue weighted by Gasteiger charge is -2.07. The zero-order valence-electron chi connectivity index (χ0n) is 13.0. The van der Waals surface area contributed by atoms with Gasteiger partial charge in [-0.2, -0.15) is 0 Å². The van der Waals surface area contributed by atoms with Crippen LogP contribution in [0.15, 0.2) is 54.6 Å². The van der Waals surface area contributed by atoms with Gasteiger partial charge in [-0.05, 0) is 37.6 Å². The molecule has 0 saturated carbocycles. The number of hydrogen-bond donors (Lipinski definition) is 1. The highest BCUT2D eigenvalue weighted by Gasteiger charge is 2.01. The number of rotatable bonds is 6. The highest BCUT2D eigenvalue weighted by atomic mass is 16.5. The third kappa shape index (κ3) is 4.77. The van der Waals surface area contributed by atoms with Crippen molar-refractivity contribution in [2.24, 2.45) is 0 Å². The fourth-order valence-corrected chi connectivity index (χ4v) is 1.95. The Morgan fingerprint density at radius 1 is 1.14 bits per heavy atom. The highest BCUT2D eigenvalue weighted by Crippen LogP contribution is 2.19. The molecule has 3 nitrogen and oxygen atoms in total. The number of hydrogen-bond acceptors (Lipinski definition) is 2. The Morgan fingerprint density at radius 2 is 1.86 bits per heavy atom. The second kappa shape index (κ2) is 8.03. The summed E-state index contributed by atoms with van der Waals surface area (Å²) in [5.41, 5.74) is 2.85. The van der Waals surface area contributed by atoms with Gasteiger partial charge in [0.15, 0.2) is 0 Å². The first-order valence-corrected chi connectivity index (χ1v) is 7.46. The van der Waals surface area contributed by atoms with Crippen LogP contribution in [0.4, 0.5) is 5.69 Å². The van der Waals surface area contributed by atoms with Gasteiger partial charge in [0.05, 0.1) is 6.61 Å². The number of benzene rings is 2. The molecule has 2 rings (SSSR count). The summed E-state index contributed by atoms with van der Waals surface area (Å²) >= 11 is 0. The largest absolute Gasteiger partial charge is 0.493 e. The molecule has 0 unspecified atom stereocenters. The van der Waals surface area contributed by atoms with Crippen molar-refractivity contribution in [1.29, 1.82) is 0 Å². The van der Waals surface area contributed by atoms with Crippen LogP contribution in [-0.4, -0.2) is 12.5 Å². The van der Waals surface area contributed by atoms with Gasteiger partial charge in [-0.15, -0.1) is 0 Å². The van der Waals surface area contributed by atoms with Crippen LogP contribution in [0.25, 0.3) is 6.08 Å². The maximum atomic E-state index is 12.0. The molecule has 0 aliphatic heterocycles. The van der Waals surface area contributed by atoms with Crippen molar-refractivity contribution >= 4 is 17.7 Å². The van der Waals surface area contributed by atoms with E-state index in [4.69, 9.17) is 4.74 Å². The fraction of sp³-hybridized carbons (Fsp3) is 0.211. The monoisotopic (exact) mass is 295 g/mol. The summed E-state index contributed by atoms with van der Waals surface area (Å²) in [7, 11) is 0. The van der Waals surface area contributed by atoms with Crippen LogP contribution < -0.4 is 10.1 Å². The number of carbonyl (C=O) groups is 1. The molecule has 0 aliphatic rings. The Balaban J connectivity index is 2.01. The van der Waals surface area contributed by atoms with Crippen molar-refractivity contribution < 1.29 is 9.53 Å². The van der Waals surface area contributed by atoms with E-state index in [9.17, 15) is 4.79 Å². The number of ether oxygens (including phenoxy) is 1. The molecule has 0 aliphatic carbocycles. The van der Waals surface area contributed by atoms with Gasteiger partial charge in [-0.1, -0.05) is 42.8 Å². The minimum atomic E-state index is -0.158. The third-order valence-electron chi connectivity index (χ3n) is 3.11. The molecule has 0 spiro atoms. The molecule has 0 bridgehead atoms. The van der Waals surface area contributed by atoms with Crippen molar-refractivity contribution in [3.8, 4) is 5.75 Å². The van der Waals surface area contributed by atoms with Gasteiger partial charge < -0.3 is 10.1 Å². The van der Waals surface area contributed by atoms with Gasteiger partial charge in [-0.3, -0.25) is 4.79 Å². The summed E-state index contributed by atoms with van der Waals surface area (Å²) < 4.78 is 5.67. The van der Waals surface area contributed by atoms with E-state index in [1.165, 1.54) is 6.08 Å². The minimum Gasteiger partial charge on any atom is -0.493 e. The number of aryl methyl sites for hydroxylation is 1. The van der Waals surface area contributed by atoms with Crippen molar-refractivity contribution in [1.82, 2.24) is 0 Å². The number of carbonyl (C=O) groups excluding carboxylic acids is 1. The minimum absolute atomic E-state index is 0.158.